The molecular weight excluding hydrogens is 306 g/mol. The lowest BCUT2D eigenvalue weighted by Gasteiger charge is -2.17. The summed E-state index contributed by atoms with van der Waals surface area (Å²) >= 11 is 0. The molecule has 0 aliphatic heterocycles. The quantitative estimate of drug-likeness (QED) is 0.755. The molecule has 2 aromatic rings. The highest BCUT2D eigenvalue weighted by Crippen LogP contribution is 2.10. The molecule has 0 saturated heterocycles. The molecule has 0 aliphatic carbocycles. The molecule has 6 nitrogen and oxygen atoms in total. The number of carbonyl (C=O) groups is 2. The van der Waals surface area contributed by atoms with Gasteiger partial charge in [-0.15, -0.1) is 0 Å². The lowest BCUT2D eigenvalue weighted by molar-refractivity contribution is -0.146. The number of benzene rings is 1. The fourth-order valence-electron chi connectivity index (χ4n) is 2.13. The molecule has 1 aromatic carbocycles. The second-order valence-corrected chi connectivity index (χ2v) is 5.47. The molecule has 0 spiro atoms. The fourth-order valence-corrected chi connectivity index (χ4v) is 2.13. The first-order valence-corrected chi connectivity index (χ1v) is 7.71. The second-order valence-electron chi connectivity index (χ2n) is 5.47. The maximum atomic E-state index is 12.1. The van der Waals surface area contributed by atoms with Gasteiger partial charge in [0.15, 0.2) is 0 Å². The van der Waals surface area contributed by atoms with E-state index in [0.717, 1.165) is 11.1 Å². The summed E-state index contributed by atoms with van der Waals surface area (Å²) in [7, 11) is 0. The summed E-state index contributed by atoms with van der Waals surface area (Å²) in [5, 5.41) is 2.78. The average molecular weight is 327 g/mol. The number of rotatable bonds is 7. The SMILES string of the molecule is C[C@@H](NC(=O)[C@@H](N)CC(=O)OCc1ccccc1)c1ccncc1. The number of nitrogens with zero attached hydrogens (tertiary/aromatic N) is 1. The van der Waals surface area contributed by atoms with Gasteiger partial charge in [-0.3, -0.25) is 14.6 Å². The van der Waals surface area contributed by atoms with E-state index in [1.54, 1.807) is 12.4 Å². The number of nitrogens with one attached hydrogen (secondary N) is 1. The number of hydrogen-bond donors (Lipinski definition) is 2. The molecule has 0 bridgehead atoms. The predicted molar refractivity (Wildman–Crippen MR) is 89.6 cm³/mol. The van der Waals surface area contributed by atoms with E-state index in [2.05, 4.69) is 10.3 Å². The topological polar surface area (TPSA) is 94.3 Å². The number of aromatic nitrogens is 1. The van der Waals surface area contributed by atoms with Crippen molar-refractivity contribution in [3.8, 4) is 0 Å². The molecule has 1 aromatic heterocycles. The first-order chi connectivity index (χ1) is 11.6. The number of esters is 1. The molecule has 2 rings (SSSR count). The van der Waals surface area contributed by atoms with Gasteiger partial charge in [0.2, 0.25) is 5.91 Å². The Balaban J connectivity index is 1.77. The summed E-state index contributed by atoms with van der Waals surface area (Å²) in [6, 6.07) is 11.8. The van der Waals surface area contributed by atoms with Crippen LogP contribution in [-0.4, -0.2) is 22.9 Å². The number of amides is 1. The molecule has 1 heterocycles. The van der Waals surface area contributed by atoms with Crippen LogP contribution in [0, 0.1) is 0 Å². The van der Waals surface area contributed by atoms with Crippen LogP contribution in [0.4, 0.5) is 0 Å². The summed E-state index contributed by atoms with van der Waals surface area (Å²) in [6.07, 6.45) is 3.14. The van der Waals surface area contributed by atoms with Crippen molar-refractivity contribution in [1.82, 2.24) is 10.3 Å². The fraction of sp³-hybridized carbons (Fsp3) is 0.278. The number of hydrogen-bond acceptors (Lipinski definition) is 5. The van der Waals surface area contributed by atoms with Gasteiger partial charge in [0.1, 0.15) is 6.61 Å². The Morgan fingerprint density at radius 1 is 1.17 bits per heavy atom. The zero-order valence-corrected chi connectivity index (χ0v) is 13.5. The minimum absolute atomic E-state index is 0.165. The summed E-state index contributed by atoms with van der Waals surface area (Å²) in [4.78, 5) is 27.8. The van der Waals surface area contributed by atoms with Crippen molar-refractivity contribution in [2.75, 3.05) is 0 Å². The first-order valence-electron chi connectivity index (χ1n) is 7.71. The van der Waals surface area contributed by atoms with Crippen molar-refractivity contribution < 1.29 is 14.3 Å². The third kappa shape index (κ3) is 5.48. The molecule has 24 heavy (non-hydrogen) atoms. The van der Waals surface area contributed by atoms with Crippen LogP contribution in [-0.2, 0) is 20.9 Å². The first kappa shape index (κ1) is 17.6. The van der Waals surface area contributed by atoms with Gasteiger partial charge in [-0.1, -0.05) is 30.3 Å². The van der Waals surface area contributed by atoms with E-state index in [1.165, 1.54) is 0 Å². The second kappa shape index (κ2) is 8.79. The maximum Gasteiger partial charge on any atom is 0.308 e. The Morgan fingerprint density at radius 3 is 2.50 bits per heavy atom. The average Bonchev–Trinajstić information content (AvgIpc) is 2.61. The van der Waals surface area contributed by atoms with Gasteiger partial charge < -0.3 is 15.8 Å². The minimum atomic E-state index is -0.947. The van der Waals surface area contributed by atoms with Crippen molar-refractivity contribution in [2.24, 2.45) is 5.73 Å². The molecule has 3 N–H and O–H groups in total. The van der Waals surface area contributed by atoms with Crippen molar-refractivity contribution in [3.05, 3.63) is 66.0 Å². The normalized spacial score (nSPS) is 12.9. The third-order valence-electron chi connectivity index (χ3n) is 3.53. The van der Waals surface area contributed by atoms with E-state index >= 15 is 0 Å². The van der Waals surface area contributed by atoms with E-state index in [-0.39, 0.29) is 19.1 Å². The molecular formula is C18H21N3O3. The van der Waals surface area contributed by atoms with Crippen LogP contribution in [0.2, 0.25) is 0 Å². The molecule has 6 heteroatoms. The number of carbonyl (C=O) groups excluding carboxylic acids is 2. The summed E-state index contributed by atoms with van der Waals surface area (Å²) in [6.45, 7) is 2.01. The van der Waals surface area contributed by atoms with Gasteiger partial charge >= 0.3 is 5.97 Å². The van der Waals surface area contributed by atoms with Crippen molar-refractivity contribution in [1.29, 1.82) is 0 Å². The molecule has 0 aliphatic rings. The zero-order valence-electron chi connectivity index (χ0n) is 13.5. The lowest BCUT2D eigenvalue weighted by atomic mass is 10.1. The van der Waals surface area contributed by atoms with Crippen molar-refractivity contribution in [2.45, 2.75) is 32.0 Å². The van der Waals surface area contributed by atoms with Crippen LogP contribution >= 0.6 is 0 Å². The monoisotopic (exact) mass is 327 g/mol. The molecule has 0 radical (unpaired) electrons. The van der Waals surface area contributed by atoms with E-state index in [1.807, 2.05) is 49.4 Å². The van der Waals surface area contributed by atoms with Gasteiger partial charge in [-0.2, -0.15) is 0 Å². The van der Waals surface area contributed by atoms with Crippen LogP contribution in [0.15, 0.2) is 54.9 Å². The Labute approximate surface area is 141 Å². The smallest absolute Gasteiger partial charge is 0.308 e. The lowest BCUT2D eigenvalue weighted by Crippen LogP contribution is -2.43. The Morgan fingerprint density at radius 2 is 1.83 bits per heavy atom. The molecule has 1 amide bonds. The molecule has 126 valence electrons. The van der Waals surface area contributed by atoms with Crippen LogP contribution in [0.3, 0.4) is 0 Å². The Kier molecular flexibility index (Phi) is 6.45. The number of nitrogens with two attached hydrogens (primary N) is 1. The molecule has 0 unspecified atom stereocenters. The number of pyridine rings is 1. The van der Waals surface area contributed by atoms with E-state index in [0.29, 0.717) is 0 Å². The van der Waals surface area contributed by atoms with Crippen LogP contribution in [0.1, 0.15) is 30.5 Å². The van der Waals surface area contributed by atoms with E-state index in [4.69, 9.17) is 10.5 Å². The Bertz CT molecular complexity index is 662. The Hall–Kier alpha value is -2.73. The third-order valence-corrected chi connectivity index (χ3v) is 3.53. The van der Waals surface area contributed by atoms with Gasteiger partial charge in [0.25, 0.3) is 0 Å². The van der Waals surface area contributed by atoms with Gasteiger partial charge in [-0.05, 0) is 30.2 Å². The van der Waals surface area contributed by atoms with Gasteiger partial charge in [0, 0.05) is 12.4 Å². The minimum Gasteiger partial charge on any atom is -0.461 e. The van der Waals surface area contributed by atoms with Crippen LogP contribution in [0.25, 0.3) is 0 Å². The highest BCUT2D eigenvalue weighted by atomic mass is 16.5. The summed E-state index contributed by atoms with van der Waals surface area (Å²) in [5.74, 6) is -0.894. The standard InChI is InChI=1S/C18H21N3O3/c1-13(15-7-9-20-10-8-15)21-18(23)16(19)11-17(22)24-12-14-5-3-2-4-6-14/h2-10,13,16H,11-12,19H2,1H3,(H,21,23)/t13-,16+/m1/s1. The summed E-state index contributed by atoms with van der Waals surface area (Å²) in [5.41, 5.74) is 7.59. The molecule has 0 saturated carbocycles. The highest BCUT2D eigenvalue weighted by Gasteiger charge is 2.20. The molecule has 0 fully saturated rings. The van der Waals surface area contributed by atoms with Crippen LogP contribution < -0.4 is 11.1 Å². The van der Waals surface area contributed by atoms with E-state index in [9.17, 15) is 9.59 Å². The molecule has 2 atom stereocenters. The largest absolute Gasteiger partial charge is 0.461 e. The summed E-state index contributed by atoms with van der Waals surface area (Å²) < 4.78 is 5.13. The highest BCUT2D eigenvalue weighted by molar-refractivity contribution is 5.86. The van der Waals surface area contributed by atoms with Crippen LogP contribution in [0.5, 0.6) is 0 Å². The number of ether oxygens (including phenoxy) is 1. The zero-order chi connectivity index (χ0) is 17.4. The van der Waals surface area contributed by atoms with Crippen molar-refractivity contribution >= 4 is 11.9 Å². The van der Waals surface area contributed by atoms with E-state index < -0.39 is 17.9 Å². The van der Waals surface area contributed by atoms with Gasteiger partial charge in [-0.25, -0.2) is 0 Å². The van der Waals surface area contributed by atoms with Gasteiger partial charge in [0.05, 0.1) is 18.5 Å². The van der Waals surface area contributed by atoms with Crippen molar-refractivity contribution in [3.63, 3.8) is 0 Å². The maximum absolute atomic E-state index is 12.1. The predicted octanol–water partition coefficient (Wildman–Crippen LogP) is 1.72.